The quantitative estimate of drug-likeness (QED) is 0.441. The Bertz CT molecular complexity index is 1250. The molecule has 7 nitrogen and oxygen atoms in total. The summed E-state index contributed by atoms with van der Waals surface area (Å²) in [6, 6.07) is 12.7. The van der Waals surface area contributed by atoms with Crippen molar-refractivity contribution in [3.63, 3.8) is 0 Å². The van der Waals surface area contributed by atoms with Crippen LogP contribution in [-0.4, -0.2) is 54.6 Å². The van der Waals surface area contributed by atoms with Gasteiger partial charge in [0.25, 0.3) is 5.91 Å². The first-order chi connectivity index (χ1) is 17.5. The lowest BCUT2D eigenvalue weighted by Gasteiger charge is -2.37. The fourth-order valence-corrected chi connectivity index (χ4v) is 5.50. The predicted molar refractivity (Wildman–Crippen MR) is 133 cm³/mol. The molecule has 2 aliphatic heterocycles. The molecule has 0 N–H and O–H groups in total. The van der Waals surface area contributed by atoms with E-state index >= 15 is 0 Å². The summed E-state index contributed by atoms with van der Waals surface area (Å²) in [5.74, 6) is 0.978. The molecule has 0 unspecified atom stereocenters. The van der Waals surface area contributed by atoms with Gasteiger partial charge in [-0.05, 0) is 72.3 Å². The highest BCUT2D eigenvalue weighted by atomic mass is 32.1. The number of ether oxygens (including phenoxy) is 3. The molecule has 188 valence electrons. The molecule has 5 rings (SSSR count). The third-order valence-corrected chi connectivity index (χ3v) is 7.36. The van der Waals surface area contributed by atoms with Crippen molar-refractivity contribution in [2.75, 3.05) is 33.0 Å². The van der Waals surface area contributed by atoms with Crippen molar-refractivity contribution < 1.29 is 28.2 Å². The lowest BCUT2D eigenvalue weighted by Crippen LogP contribution is -2.48. The fourth-order valence-electron chi connectivity index (χ4n) is 4.57. The number of hydrogen-bond acceptors (Lipinski definition) is 6. The van der Waals surface area contributed by atoms with Crippen LogP contribution < -0.4 is 14.2 Å². The van der Waals surface area contributed by atoms with Crippen LogP contribution in [0.5, 0.6) is 17.2 Å². The first-order valence-corrected chi connectivity index (χ1v) is 12.8. The second-order valence-electron chi connectivity index (χ2n) is 8.71. The number of nitrogens with zero attached hydrogens (tertiary/aromatic N) is 2. The topological polar surface area (TPSA) is 68.3 Å². The van der Waals surface area contributed by atoms with Crippen molar-refractivity contribution in [1.29, 1.82) is 0 Å². The maximum Gasteiger partial charge on any atom is 0.254 e. The summed E-state index contributed by atoms with van der Waals surface area (Å²) < 4.78 is 30.0. The van der Waals surface area contributed by atoms with E-state index in [0.717, 1.165) is 18.4 Å². The minimum absolute atomic E-state index is 0.0341. The summed E-state index contributed by atoms with van der Waals surface area (Å²) in [4.78, 5) is 31.5. The Hall–Kier alpha value is -3.59. The minimum atomic E-state index is -0.333. The van der Waals surface area contributed by atoms with Crippen molar-refractivity contribution in [2.24, 2.45) is 0 Å². The van der Waals surface area contributed by atoms with E-state index in [-0.39, 0.29) is 43.6 Å². The van der Waals surface area contributed by atoms with Gasteiger partial charge in [0.05, 0.1) is 6.04 Å². The number of fused-ring (bicyclic) bond motifs is 2. The average molecular weight is 511 g/mol. The Morgan fingerprint density at radius 3 is 2.75 bits per heavy atom. The van der Waals surface area contributed by atoms with Crippen molar-refractivity contribution in [2.45, 2.75) is 25.8 Å². The van der Waals surface area contributed by atoms with Gasteiger partial charge in [0.1, 0.15) is 24.7 Å². The number of carbonyl (C=O) groups is 2. The van der Waals surface area contributed by atoms with Gasteiger partial charge in [-0.2, -0.15) is 0 Å². The summed E-state index contributed by atoms with van der Waals surface area (Å²) >= 11 is 1.67. The Morgan fingerprint density at radius 1 is 1.14 bits per heavy atom. The molecule has 1 atom stereocenters. The zero-order valence-corrected chi connectivity index (χ0v) is 20.8. The lowest BCUT2D eigenvalue weighted by molar-refractivity contribution is -0.135. The molecule has 2 amide bonds. The van der Waals surface area contributed by atoms with E-state index < -0.39 is 0 Å². The van der Waals surface area contributed by atoms with Gasteiger partial charge in [-0.1, -0.05) is 6.92 Å². The summed E-state index contributed by atoms with van der Waals surface area (Å²) in [5.41, 5.74) is 1.52. The largest absolute Gasteiger partial charge is 0.491 e. The van der Waals surface area contributed by atoms with Gasteiger partial charge >= 0.3 is 0 Å². The number of carbonyl (C=O) groups excluding carboxylic acids is 2. The molecular formula is C27H27FN2O5S. The molecule has 0 saturated carbocycles. The molecule has 9 heteroatoms. The number of benzene rings is 2. The van der Waals surface area contributed by atoms with Crippen LogP contribution in [0.25, 0.3) is 0 Å². The van der Waals surface area contributed by atoms with Gasteiger partial charge in [-0.25, -0.2) is 4.39 Å². The lowest BCUT2D eigenvalue weighted by atomic mass is 10.0. The van der Waals surface area contributed by atoms with Crippen molar-refractivity contribution in [3.8, 4) is 17.2 Å². The molecule has 3 aromatic rings. The molecule has 2 aliphatic rings. The van der Waals surface area contributed by atoms with E-state index in [1.165, 1.54) is 17.0 Å². The zero-order valence-electron chi connectivity index (χ0n) is 19.9. The van der Waals surface area contributed by atoms with Crippen LogP contribution in [0, 0.1) is 5.82 Å². The second-order valence-corrected chi connectivity index (χ2v) is 9.71. The number of hydrogen-bond donors (Lipinski definition) is 0. The van der Waals surface area contributed by atoms with E-state index in [4.69, 9.17) is 14.2 Å². The Kier molecular flexibility index (Phi) is 7.09. The smallest absolute Gasteiger partial charge is 0.254 e. The average Bonchev–Trinajstić information content (AvgIpc) is 3.56. The maximum atomic E-state index is 13.6. The van der Waals surface area contributed by atoms with Gasteiger partial charge in [0.2, 0.25) is 12.7 Å². The van der Waals surface area contributed by atoms with Crippen LogP contribution in [-0.2, 0) is 11.2 Å². The maximum absolute atomic E-state index is 13.6. The van der Waals surface area contributed by atoms with Crippen LogP contribution in [0.1, 0.15) is 40.2 Å². The van der Waals surface area contributed by atoms with Crippen LogP contribution in [0.4, 0.5) is 4.39 Å². The van der Waals surface area contributed by atoms with Crippen LogP contribution in [0.3, 0.4) is 0 Å². The van der Waals surface area contributed by atoms with Crippen LogP contribution >= 0.6 is 11.3 Å². The monoisotopic (exact) mass is 510 g/mol. The van der Waals surface area contributed by atoms with E-state index in [1.807, 2.05) is 18.4 Å². The molecule has 0 fully saturated rings. The number of halogens is 1. The molecular weight excluding hydrogens is 483 g/mol. The molecule has 0 aliphatic carbocycles. The normalized spacial score (nSPS) is 15.9. The standard InChI is InChI=1S/C27H27FN2O5S/c1-2-11-29(27(32)18-3-8-23-24(14-18)35-17-34-23)15-26(31)30-12-9-25-21(10-13-36-25)22(30)16-33-20-6-4-19(28)5-7-20/h3-8,10,13-14,22H,2,9,11-12,15-17H2,1H3/t22-/m0/s1. The second kappa shape index (κ2) is 10.6. The molecule has 0 saturated heterocycles. The SMILES string of the molecule is CCCN(CC(=O)N1CCc2sccc2[C@@H]1COc1ccc(F)cc1)C(=O)c1ccc2c(c1)OCO2. The van der Waals surface area contributed by atoms with Gasteiger partial charge in [0.15, 0.2) is 11.5 Å². The molecule has 3 heterocycles. The summed E-state index contributed by atoms with van der Waals surface area (Å²) in [6.07, 6.45) is 1.48. The predicted octanol–water partition coefficient (Wildman–Crippen LogP) is 4.67. The third-order valence-electron chi connectivity index (χ3n) is 6.36. The van der Waals surface area contributed by atoms with Gasteiger partial charge in [-0.15, -0.1) is 11.3 Å². The van der Waals surface area contributed by atoms with Crippen molar-refractivity contribution in [3.05, 3.63) is 75.7 Å². The Morgan fingerprint density at radius 2 is 1.94 bits per heavy atom. The third kappa shape index (κ3) is 5.02. The zero-order chi connectivity index (χ0) is 25.1. The Balaban J connectivity index is 1.32. The van der Waals surface area contributed by atoms with Crippen LogP contribution in [0.2, 0.25) is 0 Å². The number of thiophene rings is 1. The van der Waals surface area contributed by atoms with Gasteiger partial charge in [-0.3, -0.25) is 9.59 Å². The molecule has 36 heavy (non-hydrogen) atoms. The van der Waals surface area contributed by atoms with E-state index in [1.54, 1.807) is 51.5 Å². The summed E-state index contributed by atoms with van der Waals surface area (Å²) in [5, 5.41) is 2.02. The van der Waals surface area contributed by atoms with Gasteiger partial charge in [0, 0.05) is 23.5 Å². The highest BCUT2D eigenvalue weighted by molar-refractivity contribution is 7.10. The molecule has 0 radical (unpaired) electrons. The van der Waals surface area contributed by atoms with E-state index in [9.17, 15) is 14.0 Å². The van der Waals surface area contributed by atoms with Crippen LogP contribution in [0.15, 0.2) is 53.9 Å². The summed E-state index contributed by atoms with van der Waals surface area (Å²) in [6.45, 7) is 3.31. The first kappa shape index (κ1) is 24.1. The van der Waals surface area contributed by atoms with E-state index in [2.05, 4.69) is 0 Å². The first-order valence-electron chi connectivity index (χ1n) is 12.0. The van der Waals surface area contributed by atoms with Crippen molar-refractivity contribution >= 4 is 23.2 Å². The highest BCUT2D eigenvalue weighted by Gasteiger charge is 2.33. The van der Waals surface area contributed by atoms with E-state index in [0.29, 0.717) is 35.9 Å². The Labute approximate surface area is 213 Å². The fraction of sp³-hybridized carbons (Fsp3) is 0.333. The molecule has 2 aromatic carbocycles. The summed E-state index contributed by atoms with van der Waals surface area (Å²) in [7, 11) is 0. The molecule has 1 aromatic heterocycles. The minimum Gasteiger partial charge on any atom is -0.491 e. The van der Waals surface area contributed by atoms with Gasteiger partial charge < -0.3 is 24.0 Å². The highest BCUT2D eigenvalue weighted by Crippen LogP contribution is 2.35. The number of rotatable bonds is 8. The molecule has 0 spiro atoms. The molecule has 0 bridgehead atoms. The number of amides is 2. The van der Waals surface area contributed by atoms with Crippen molar-refractivity contribution in [1.82, 2.24) is 9.80 Å².